The predicted octanol–water partition coefficient (Wildman–Crippen LogP) is 2.66. The minimum Gasteiger partial charge on any atom is -0.493 e. The molecule has 0 amide bonds. The zero-order valence-electron chi connectivity index (χ0n) is 12.0. The van der Waals surface area contributed by atoms with Crippen molar-refractivity contribution in [2.24, 2.45) is 0 Å². The number of hydrogen-bond donors (Lipinski definition) is 2. The Bertz CT molecular complexity index is 571. The molecule has 0 saturated carbocycles. The van der Waals surface area contributed by atoms with E-state index in [2.05, 4.69) is 5.32 Å². The van der Waals surface area contributed by atoms with Gasteiger partial charge >= 0.3 is 5.97 Å². The Hall–Kier alpha value is -2.33. The first-order valence-corrected chi connectivity index (χ1v) is 6.85. The van der Waals surface area contributed by atoms with Gasteiger partial charge in [0.1, 0.15) is 11.3 Å². The van der Waals surface area contributed by atoms with Crippen molar-refractivity contribution >= 4 is 5.97 Å². The van der Waals surface area contributed by atoms with Gasteiger partial charge in [0, 0.05) is 6.42 Å². The van der Waals surface area contributed by atoms with E-state index < -0.39 is 11.5 Å². The second kappa shape index (κ2) is 6.90. The van der Waals surface area contributed by atoms with Gasteiger partial charge in [0.25, 0.3) is 0 Å². The van der Waals surface area contributed by atoms with Gasteiger partial charge in [-0.15, -0.1) is 0 Å². The molecule has 2 aromatic rings. The maximum absolute atomic E-state index is 11.8. The topological polar surface area (TPSA) is 58.6 Å². The molecule has 2 N–H and O–H groups in total. The van der Waals surface area contributed by atoms with E-state index in [1.54, 1.807) is 7.05 Å². The molecular formula is C17H19NO3. The Kier molecular flexibility index (Phi) is 4.95. The second-order valence-corrected chi connectivity index (χ2v) is 4.74. The average molecular weight is 285 g/mol. The third-order valence-corrected chi connectivity index (χ3v) is 3.55. The molecule has 0 saturated heterocycles. The van der Waals surface area contributed by atoms with Crippen molar-refractivity contribution in [1.82, 2.24) is 5.32 Å². The minimum atomic E-state index is -1.14. The normalized spacial score (nSPS) is 13.4. The van der Waals surface area contributed by atoms with Crippen molar-refractivity contribution < 1.29 is 14.6 Å². The summed E-state index contributed by atoms with van der Waals surface area (Å²) in [6.45, 7) is 0.312. The number of carboxylic acids is 1. The molecule has 21 heavy (non-hydrogen) atoms. The summed E-state index contributed by atoms with van der Waals surface area (Å²) < 4.78 is 5.63. The van der Waals surface area contributed by atoms with Crippen LogP contribution in [0.5, 0.6) is 5.75 Å². The lowest BCUT2D eigenvalue weighted by Gasteiger charge is -2.29. The van der Waals surface area contributed by atoms with Crippen LogP contribution < -0.4 is 10.1 Å². The Labute approximate surface area is 124 Å². The molecule has 0 spiro atoms. The number of carbonyl (C=O) groups is 1. The van der Waals surface area contributed by atoms with Crippen molar-refractivity contribution in [3.05, 3.63) is 66.2 Å². The summed E-state index contributed by atoms with van der Waals surface area (Å²) in [5, 5.41) is 12.6. The number of nitrogens with one attached hydrogen (secondary N) is 1. The number of likely N-dealkylation sites (N-methyl/N-ethyl adjacent to an activating group) is 1. The highest BCUT2D eigenvalue weighted by Gasteiger charge is 2.38. The molecule has 0 aliphatic rings. The molecule has 0 aliphatic heterocycles. The molecule has 1 unspecified atom stereocenters. The van der Waals surface area contributed by atoms with Gasteiger partial charge in [-0.25, -0.2) is 4.79 Å². The Balaban J connectivity index is 2.12. The van der Waals surface area contributed by atoms with Crippen LogP contribution in [0.2, 0.25) is 0 Å². The summed E-state index contributed by atoms with van der Waals surface area (Å²) in [5.41, 5.74) is -0.424. The van der Waals surface area contributed by atoms with Gasteiger partial charge in [0.05, 0.1) is 6.61 Å². The first-order valence-electron chi connectivity index (χ1n) is 6.85. The molecule has 2 rings (SSSR count). The highest BCUT2D eigenvalue weighted by Crippen LogP contribution is 2.25. The van der Waals surface area contributed by atoms with Crippen LogP contribution >= 0.6 is 0 Å². The Morgan fingerprint density at radius 2 is 1.67 bits per heavy atom. The molecule has 0 fully saturated rings. The van der Waals surface area contributed by atoms with Gasteiger partial charge in [0.15, 0.2) is 0 Å². The quantitative estimate of drug-likeness (QED) is 0.821. The molecule has 2 aromatic carbocycles. The SMILES string of the molecule is CNC(CCOc1ccccc1)(C(=O)O)c1ccccc1. The van der Waals surface area contributed by atoms with Crippen LogP contribution in [0.15, 0.2) is 60.7 Å². The van der Waals surface area contributed by atoms with Crippen molar-refractivity contribution in [2.75, 3.05) is 13.7 Å². The van der Waals surface area contributed by atoms with E-state index in [-0.39, 0.29) is 0 Å². The Morgan fingerprint density at radius 3 is 2.19 bits per heavy atom. The summed E-state index contributed by atoms with van der Waals surface area (Å²) >= 11 is 0. The van der Waals surface area contributed by atoms with Crippen LogP contribution in [0, 0.1) is 0 Å². The number of para-hydroxylation sites is 1. The van der Waals surface area contributed by atoms with E-state index in [9.17, 15) is 9.90 Å². The number of hydrogen-bond acceptors (Lipinski definition) is 3. The van der Waals surface area contributed by atoms with E-state index in [0.717, 1.165) is 11.3 Å². The van der Waals surface area contributed by atoms with Gasteiger partial charge in [-0.2, -0.15) is 0 Å². The maximum Gasteiger partial charge on any atom is 0.328 e. The van der Waals surface area contributed by atoms with Gasteiger partial charge in [-0.1, -0.05) is 48.5 Å². The molecule has 0 aliphatic carbocycles. The minimum absolute atomic E-state index is 0.312. The lowest BCUT2D eigenvalue weighted by atomic mass is 9.87. The van der Waals surface area contributed by atoms with Crippen LogP contribution in [0.4, 0.5) is 0 Å². The first-order chi connectivity index (χ1) is 10.2. The summed E-state index contributed by atoms with van der Waals surface area (Å²) in [5.74, 6) is -0.172. The zero-order chi connectivity index (χ0) is 15.1. The highest BCUT2D eigenvalue weighted by molar-refractivity contribution is 5.80. The second-order valence-electron chi connectivity index (χ2n) is 4.74. The molecule has 4 heteroatoms. The number of rotatable bonds is 7. The van der Waals surface area contributed by atoms with Gasteiger partial charge in [0.2, 0.25) is 0 Å². The van der Waals surface area contributed by atoms with Crippen LogP contribution in [-0.2, 0) is 10.3 Å². The standard InChI is InChI=1S/C17H19NO3/c1-18-17(16(19)20,14-8-4-2-5-9-14)12-13-21-15-10-6-3-7-11-15/h2-11,18H,12-13H2,1H3,(H,19,20). The molecule has 0 aromatic heterocycles. The predicted molar refractivity (Wildman–Crippen MR) is 81.4 cm³/mol. The smallest absolute Gasteiger partial charge is 0.328 e. The fourth-order valence-corrected chi connectivity index (χ4v) is 2.31. The van der Waals surface area contributed by atoms with Crippen molar-refractivity contribution in [1.29, 1.82) is 0 Å². The van der Waals surface area contributed by atoms with Gasteiger partial charge in [-0.05, 0) is 24.7 Å². The fourth-order valence-electron chi connectivity index (χ4n) is 2.31. The van der Waals surface area contributed by atoms with E-state index >= 15 is 0 Å². The average Bonchev–Trinajstić information content (AvgIpc) is 2.53. The molecule has 0 radical (unpaired) electrons. The monoisotopic (exact) mass is 285 g/mol. The van der Waals surface area contributed by atoms with Crippen molar-refractivity contribution in [2.45, 2.75) is 12.0 Å². The molecule has 110 valence electrons. The third-order valence-electron chi connectivity index (χ3n) is 3.55. The van der Waals surface area contributed by atoms with E-state index in [1.807, 2.05) is 60.7 Å². The fraction of sp³-hybridized carbons (Fsp3) is 0.235. The van der Waals surface area contributed by atoms with Gasteiger partial charge in [-0.3, -0.25) is 0 Å². The number of carboxylic acid groups (broad SMARTS) is 1. The molecule has 4 nitrogen and oxygen atoms in total. The van der Waals surface area contributed by atoms with Crippen LogP contribution in [0.3, 0.4) is 0 Å². The molecule has 1 atom stereocenters. The van der Waals surface area contributed by atoms with Crippen molar-refractivity contribution in [3.8, 4) is 5.75 Å². The summed E-state index contributed by atoms with van der Waals surface area (Å²) in [6, 6.07) is 18.5. The largest absolute Gasteiger partial charge is 0.493 e. The first kappa shape index (κ1) is 15.1. The van der Waals surface area contributed by atoms with Crippen LogP contribution in [0.25, 0.3) is 0 Å². The summed E-state index contributed by atoms with van der Waals surface area (Å²) in [6.07, 6.45) is 0.331. The van der Waals surface area contributed by atoms with Gasteiger partial charge < -0.3 is 15.2 Å². The lowest BCUT2D eigenvalue weighted by Crippen LogP contribution is -2.48. The number of aliphatic carboxylic acids is 1. The van der Waals surface area contributed by atoms with E-state index in [4.69, 9.17) is 4.74 Å². The Morgan fingerprint density at radius 1 is 1.10 bits per heavy atom. The van der Waals surface area contributed by atoms with E-state index in [0.29, 0.717) is 13.0 Å². The third kappa shape index (κ3) is 3.41. The number of benzene rings is 2. The van der Waals surface area contributed by atoms with Crippen LogP contribution in [0.1, 0.15) is 12.0 Å². The maximum atomic E-state index is 11.8. The zero-order valence-corrected chi connectivity index (χ0v) is 12.0. The molecule has 0 heterocycles. The summed E-state index contributed by atoms with van der Waals surface area (Å²) in [7, 11) is 1.66. The molecule has 0 bridgehead atoms. The summed E-state index contributed by atoms with van der Waals surface area (Å²) in [4.78, 5) is 11.8. The lowest BCUT2D eigenvalue weighted by molar-refractivity contribution is -0.145. The molecular weight excluding hydrogens is 266 g/mol. The highest BCUT2D eigenvalue weighted by atomic mass is 16.5. The number of ether oxygens (including phenoxy) is 1. The van der Waals surface area contributed by atoms with Crippen LogP contribution in [-0.4, -0.2) is 24.7 Å². The van der Waals surface area contributed by atoms with E-state index in [1.165, 1.54) is 0 Å². The van der Waals surface area contributed by atoms with Crippen molar-refractivity contribution in [3.63, 3.8) is 0 Å².